The molecule has 10 nitrogen and oxygen atoms in total. The molecule has 1 aromatic carbocycles. The van der Waals surface area contributed by atoms with Gasteiger partial charge in [-0.3, -0.25) is 9.20 Å². The molecule has 6 aromatic rings. The number of anilines is 1. The Morgan fingerprint density at radius 3 is 2.62 bits per heavy atom. The van der Waals surface area contributed by atoms with Crippen molar-refractivity contribution in [3.8, 4) is 28.4 Å². The van der Waals surface area contributed by atoms with Crippen molar-refractivity contribution in [1.29, 1.82) is 0 Å². The summed E-state index contributed by atoms with van der Waals surface area (Å²) >= 11 is 1.54. The van der Waals surface area contributed by atoms with Crippen LogP contribution in [0.2, 0.25) is 0 Å². The molecule has 0 amide bonds. The van der Waals surface area contributed by atoms with Gasteiger partial charge in [0, 0.05) is 29.0 Å². The summed E-state index contributed by atoms with van der Waals surface area (Å²) in [4.78, 5) is 32.4. The third-order valence-corrected chi connectivity index (χ3v) is 8.25. The van der Waals surface area contributed by atoms with Crippen molar-refractivity contribution in [2.75, 3.05) is 5.73 Å². The lowest BCUT2D eigenvalue weighted by Crippen LogP contribution is -2.21. The summed E-state index contributed by atoms with van der Waals surface area (Å²) in [6.45, 7) is 5.99. The van der Waals surface area contributed by atoms with Crippen LogP contribution in [-0.2, 0) is 0 Å². The molecule has 0 radical (unpaired) electrons. The average molecular weight is 551 g/mol. The van der Waals surface area contributed by atoms with E-state index in [0.717, 1.165) is 40.1 Å². The fraction of sp³-hybridized carbons (Fsp3) is 0.241. The maximum absolute atomic E-state index is 14.0. The molecular formula is C29H26N8O2S. The smallest absolute Gasteiger partial charge is 0.316 e. The van der Waals surface area contributed by atoms with Crippen molar-refractivity contribution in [1.82, 2.24) is 34.1 Å². The van der Waals surface area contributed by atoms with Crippen LogP contribution in [0.1, 0.15) is 42.6 Å². The Labute approximate surface area is 233 Å². The van der Waals surface area contributed by atoms with Crippen molar-refractivity contribution in [3.63, 3.8) is 0 Å². The van der Waals surface area contributed by atoms with E-state index in [9.17, 15) is 4.79 Å². The van der Waals surface area contributed by atoms with Gasteiger partial charge in [0.1, 0.15) is 28.8 Å². The molecule has 5 heterocycles. The number of fused-ring (bicyclic) bond motifs is 2. The van der Waals surface area contributed by atoms with Crippen LogP contribution in [0.15, 0.2) is 59.2 Å². The topological polar surface area (TPSA) is 126 Å². The fourth-order valence-corrected chi connectivity index (χ4v) is 6.00. The normalized spacial score (nSPS) is 14.2. The van der Waals surface area contributed by atoms with Crippen LogP contribution >= 0.6 is 11.3 Å². The highest BCUT2D eigenvalue weighted by Gasteiger charge is 2.27. The van der Waals surface area contributed by atoms with Crippen molar-refractivity contribution in [2.45, 2.75) is 45.8 Å². The van der Waals surface area contributed by atoms with E-state index in [0.29, 0.717) is 39.7 Å². The first kappa shape index (κ1) is 24.4. The first-order chi connectivity index (χ1) is 19.4. The molecule has 1 atom stereocenters. The Bertz CT molecular complexity index is 1970. The minimum absolute atomic E-state index is 0.0609. The van der Waals surface area contributed by atoms with Gasteiger partial charge in [-0.15, -0.1) is 11.3 Å². The third kappa shape index (κ3) is 4.01. The lowest BCUT2D eigenvalue weighted by molar-refractivity contribution is 0.278. The predicted molar refractivity (Wildman–Crippen MR) is 155 cm³/mol. The van der Waals surface area contributed by atoms with Crippen LogP contribution in [0.3, 0.4) is 0 Å². The number of aromatic nitrogens is 7. The van der Waals surface area contributed by atoms with E-state index in [1.165, 1.54) is 17.7 Å². The molecule has 0 spiro atoms. The summed E-state index contributed by atoms with van der Waals surface area (Å²) in [5.41, 5.74) is 12.4. The predicted octanol–water partition coefficient (Wildman–Crippen LogP) is 4.97. The average Bonchev–Trinajstić information content (AvgIpc) is 3.55. The molecule has 1 saturated carbocycles. The molecule has 1 aliphatic carbocycles. The Morgan fingerprint density at radius 2 is 1.88 bits per heavy atom. The van der Waals surface area contributed by atoms with Gasteiger partial charge in [-0.25, -0.2) is 24.6 Å². The highest BCUT2D eigenvalue weighted by molar-refractivity contribution is 7.15. The number of ether oxygens (including phenoxy) is 1. The van der Waals surface area contributed by atoms with E-state index in [2.05, 4.69) is 26.0 Å². The minimum Gasteiger partial charge on any atom is -0.460 e. The van der Waals surface area contributed by atoms with E-state index in [1.807, 2.05) is 55.1 Å². The molecule has 0 saturated heterocycles. The first-order valence-electron chi connectivity index (χ1n) is 13.1. The van der Waals surface area contributed by atoms with Gasteiger partial charge in [0.2, 0.25) is 0 Å². The Kier molecular flexibility index (Phi) is 5.63. The first-order valence-corrected chi connectivity index (χ1v) is 14.0. The highest BCUT2D eigenvalue weighted by atomic mass is 32.1. The molecule has 2 N–H and O–H groups in total. The van der Waals surface area contributed by atoms with E-state index in [4.69, 9.17) is 15.6 Å². The van der Waals surface area contributed by atoms with Crippen molar-refractivity contribution < 1.29 is 4.74 Å². The monoisotopic (exact) mass is 550 g/mol. The number of thiazole rings is 1. The van der Waals surface area contributed by atoms with Crippen LogP contribution in [0.25, 0.3) is 38.2 Å². The van der Waals surface area contributed by atoms with E-state index in [1.54, 1.807) is 16.8 Å². The number of nitrogens with two attached hydrogens (primary N) is 1. The largest absolute Gasteiger partial charge is 0.460 e. The van der Waals surface area contributed by atoms with Crippen LogP contribution in [0.5, 0.6) is 6.01 Å². The number of nitrogen functional groups attached to an aromatic ring is 1. The lowest BCUT2D eigenvalue weighted by Gasteiger charge is -2.18. The molecule has 7 rings (SSSR count). The standard InChI is InChI=1S/C29H26N8O2S/c1-15-5-4-6-18(9-15)23-21(10-22-36(28(23)38)16(2)13-40-22)17(3)37-27-24(26(30)33-14-34-27)25(35-37)19-11-31-29(32-12-19)39-20-7-8-20/h4-6,9-14,17,20H,7-8H2,1-3H3,(H2,30,33,34)/t17-/m0/s1. The summed E-state index contributed by atoms with van der Waals surface area (Å²) in [7, 11) is 0. The van der Waals surface area contributed by atoms with Gasteiger partial charge >= 0.3 is 6.01 Å². The quantitative estimate of drug-likeness (QED) is 0.308. The van der Waals surface area contributed by atoms with Crippen molar-refractivity contribution >= 4 is 33.0 Å². The molecule has 0 unspecified atom stereocenters. The summed E-state index contributed by atoms with van der Waals surface area (Å²) in [5.74, 6) is 0.306. The molecular weight excluding hydrogens is 524 g/mol. The van der Waals surface area contributed by atoms with Crippen molar-refractivity contribution in [2.24, 2.45) is 0 Å². The number of benzene rings is 1. The molecule has 0 bridgehead atoms. The fourth-order valence-electron chi connectivity index (χ4n) is 5.08. The summed E-state index contributed by atoms with van der Waals surface area (Å²) in [6, 6.07) is 10.1. The number of hydrogen-bond donors (Lipinski definition) is 1. The Balaban J connectivity index is 1.42. The van der Waals surface area contributed by atoms with Gasteiger partial charge < -0.3 is 10.5 Å². The van der Waals surface area contributed by atoms with E-state index in [-0.39, 0.29) is 17.7 Å². The van der Waals surface area contributed by atoms with Gasteiger partial charge in [-0.2, -0.15) is 5.10 Å². The zero-order chi connectivity index (χ0) is 27.5. The molecule has 200 valence electrons. The maximum Gasteiger partial charge on any atom is 0.316 e. The van der Waals surface area contributed by atoms with Gasteiger partial charge in [-0.1, -0.05) is 29.8 Å². The second-order valence-electron chi connectivity index (χ2n) is 10.2. The molecule has 1 aliphatic rings. The SMILES string of the molecule is Cc1cccc(-c2c([C@H](C)n3nc(-c4cnc(OC5CC5)nc4)c4c(N)ncnc43)cc3scc(C)n3c2=O)c1. The van der Waals surface area contributed by atoms with Gasteiger partial charge in [0.05, 0.1) is 17.0 Å². The molecule has 40 heavy (non-hydrogen) atoms. The van der Waals surface area contributed by atoms with E-state index >= 15 is 0 Å². The summed E-state index contributed by atoms with van der Waals surface area (Å²) in [5, 5.41) is 7.58. The van der Waals surface area contributed by atoms with Crippen LogP contribution in [-0.4, -0.2) is 40.2 Å². The number of nitrogens with zero attached hydrogens (tertiary/aromatic N) is 7. The van der Waals surface area contributed by atoms with Crippen molar-refractivity contribution in [3.05, 3.63) is 81.6 Å². The summed E-state index contributed by atoms with van der Waals surface area (Å²) < 4.78 is 9.29. The van der Waals surface area contributed by atoms with Crippen LogP contribution < -0.4 is 16.0 Å². The Morgan fingerprint density at radius 1 is 1.07 bits per heavy atom. The number of aryl methyl sites for hydroxylation is 2. The lowest BCUT2D eigenvalue weighted by atomic mass is 9.96. The van der Waals surface area contributed by atoms with Crippen LogP contribution in [0.4, 0.5) is 5.82 Å². The Hall–Kier alpha value is -4.64. The van der Waals surface area contributed by atoms with E-state index < -0.39 is 0 Å². The molecule has 11 heteroatoms. The van der Waals surface area contributed by atoms with Gasteiger partial charge in [0.25, 0.3) is 5.56 Å². The maximum atomic E-state index is 14.0. The van der Waals surface area contributed by atoms with Gasteiger partial charge in [0.15, 0.2) is 5.65 Å². The number of rotatable bonds is 6. The summed E-state index contributed by atoms with van der Waals surface area (Å²) in [6.07, 6.45) is 7.04. The molecule has 5 aromatic heterocycles. The second kappa shape index (κ2) is 9.23. The van der Waals surface area contributed by atoms with Crippen LogP contribution in [0, 0.1) is 13.8 Å². The zero-order valence-corrected chi connectivity index (χ0v) is 23.0. The second-order valence-corrected chi connectivity index (χ2v) is 11.1. The molecule has 0 aliphatic heterocycles. The number of pyridine rings is 1. The zero-order valence-electron chi connectivity index (χ0n) is 22.2. The minimum atomic E-state index is -0.362. The molecule has 1 fully saturated rings. The number of hydrogen-bond acceptors (Lipinski definition) is 9. The highest BCUT2D eigenvalue weighted by Crippen LogP contribution is 2.36. The third-order valence-electron chi connectivity index (χ3n) is 7.25. The van der Waals surface area contributed by atoms with Gasteiger partial charge in [-0.05, 0) is 50.8 Å².